The van der Waals surface area contributed by atoms with Gasteiger partial charge in [0.15, 0.2) is 11.5 Å². The SMILES string of the molecule is CCCNS(=O)(=O)N1CCc2cc(OC)c(OC)cc2C1C(C)C. The molecule has 0 saturated heterocycles. The largest absolute Gasteiger partial charge is 0.493 e. The molecule has 0 aliphatic carbocycles. The van der Waals surface area contributed by atoms with Gasteiger partial charge in [-0.3, -0.25) is 0 Å². The van der Waals surface area contributed by atoms with Crippen molar-refractivity contribution in [1.82, 2.24) is 9.03 Å². The summed E-state index contributed by atoms with van der Waals surface area (Å²) < 4.78 is 40.5. The molecule has 0 bridgehead atoms. The van der Waals surface area contributed by atoms with E-state index in [1.807, 2.05) is 32.9 Å². The second-order valence-corrected chi connectivity index (χ2v) is 8.06. The van der Waals surface area contributed by atoms with E-state index in [1.54, 1.807) is 18.5 Å². The Bertz CT molecular complexity index is 673. The first-order valence-corrected chi connectivity index (χ1v) is 9.80. The molecule has 1 aromatic carbocycles. The third kappa shape index (κ3) is 3.68. The zero-order chi connectivity index (χ0) is 17.9. The predicted octanol–water partition coefficient (Wildman–Crippen LogP) is 2.50. The van der Waals surface area contributed by atoms with Crippen LogP contribution >= 0.6 is 0 Å². The Balaban J connectivity index is 2.48. The Morgan fingerprint density at radius 2 is 1.88 bits per heavy atom. The van der Waals surface area contributed by atoms with Crippen molar-refractivity contribution in [3.05, 3.63) is 23.3 Å². The van der Waals surface area contributed by atoms with Crippen LogP contribution in [0.5, 0.6) is 11.5 Å². The molecule has 0 radical (unpaired) electrons. The molecule has 7 heteroatoms. The number of hydrogen-bond acceptors (Lipinski definition) is 4. The number of ether oxygens (including phenoxy) is 2. The average Bonchev–Trinajstić information content (AvgIpc) is 2.57. The third-order valence-corrected chi connectivity index (χ3v) is 5.95. The van der Waals surface area contributed by atoms with Crippen molar-refractivity contribution in [2.24, 2.45) is 5.92 Å². The average molecular weight is 356 g/mol. The molecule has 24 heavy (non-hydrogen) atoms. The number of fused-ring (bicyclic) bond motifs is 1. The normalized spacial score (nSPS) is 18.5. The molecule has 1 aromatic rings. The van der Waals surface area contributed by atoms with Gasteiger partial charge in [-0.15, -0.1) is 0 Å². The maximum absolute atomic E-state index is 12.7. The van der Waals surface area contributed by atoms with Crippen LogP contribution in [0.1, 0.15) is 44.4 Å². The Morgan fingerprint density at radius 1 is 1.25 bits per heavy atom. The molecule has 1 heterocycles. The van der Waals surface area contributed by atoms with Crippen LogP contribution in [-0.4, -0.2) is 40.0 Å². The number of rotatable bonds is 7. The van der Waals surface area contributed by atoms with E-state index in [-0.39, 0.29) is 12.0 Å². The fourth-order valence-corrected chi connectivity index (χ4v) is 4.84. The summed E-state index contributed by atoms with van der Waals surface area (Å²) in [5.74, 6) is 1.45. The van der Waals surface area contributed by atoms with Gasteiger partial charge in [-0.05, 0) is 42.0 Å². The Morgan fingerprint density at radius 3 is 2.42 bits per heavy atom. The van der Waals surface area contributed by atoms with Crippen molar-refractivity contribution in [3.63, 3.8) is 0 Å². The van der Waals surface area contributed by atoms with Gasteiger partial charge in [-0.25, -0.2) is 4.72 Å². The van der Waals surface area contributed by atoms with E-state index >= 15 is 0 Å². The lowest BCUT2D eigenvalue weighted by atomic mass is 9.87. The topological polar surface area (TPSA) is 67.9 Å². The van der Waals surface area contributed by atoms with Crippen LogP contribution in [0.25, 0.3) is 0 Å². The molecule has 0 fully saturated rings. The summed E-state index contributed by atoms with van der Waals surface area (Å²) in [6.45, 7) is 6.94. The highest BCUT2D eigenvalue weighted by Crippen LogP contribution is 2.41. The predicted molar refractivity (Wildman–Crippen MR) is 94.7 cm³/mol. The molecule has 1 aliphatic rings. The van der Waals surface area contributed by atoms with Crippen molar-refractivity contribution < 1.29 is 17.9 Å². The molecule has 1 N–H and O–H groups in total. The fraction of sp³-hybridized carbons (Fsp3) is 0.647. The molecule has 1 unspecified atom stereocenters. The van der Waals surface area contributed by atoms with Crippen molar-refractivity contribution in [1.29, 1.82) is 0 Å². The minimum atomic E-state index is -3.51. The molecule has 6 nitrogen and oxygen atoms in total. The molecule has 0 saturated carbocycles. The van der Waals surface area contributed by atoms with E-state index in [2.05, 4.69) is 4.72 Å². The number of nitrogens with one attached hydrogen (secondary N) is 1. The monoisotopic (exact) mass is 356 g/mol. The quantitative estimate of drug-likeness (QED) is 0.815. The minimum Gasteiger partial charge on any atom is -0.493 e. The lowest BCUT2D eigenvalue weighted by Crippen LogP contribution is -2.47. The smallest absolute Gasteiger partial charge is 0.280 e. The number of nitrogens with zero attached hydrogens (tertiary/aromatic N) is 1. The summed E-state index contributed by atoms with van der Waals surface area (Å²) in [4.78, 5) is 0. The van der Waals surface area contributed by atoms with Crippen molar-refractivity contribution in [2.45, 2.75) is 39.7 Å². The lowest BCUT2D eigenvalue weighted by Gasteiger charge is -2.39. The van der Waals surface area contributed by atoms with E-state index in [0.717, 1.165) is 17.5 Å². The van der Waals surface area contributed by atoms with Gasteiger partial charge in [0, 0.05) is 13.1 Å². The number of methoxy groups -OCH3 is 2. The van der Waals surface area contributed by atoms with Crippen LogP contribution in [-0.2, 0) is 16.6 Å². The maximum Gasteiger partial charge on any atom is 0.280 e. The van der Waals surface area contributed by atoms with Crippen LogP contribution in [0, 0.1) is 5.92 Å². The fourth-order valence-electron chi connectivity index (χ4n) is 3.23. The van der Waals surface area contributed by atoms with Gasteiger partial charge in [0.25, 0.3) is 10.2 Å². The van der Waals surface area contributed by atoms with Crippen LogP contribution in [0.15, 0.2) is 12.1 Å². The van der Waals surface area contributed by atoms with E-state index in [0.29, 0.717) is 31.0 Å². The summed E-state index contributed by atoms with van der Waals surface area (Å²) in [6.07, 6.45) is 1.42. The Kier molecular flexibility index (Phi) is 6.11. The van der Waals surface area contributed by atoms with E-state index < -0.39 is 10.2 Å². The van der Waals surface area contributed by atoms with Gasteiger partial charge in [0.1, 0.15) is 0 Å². The van der Waals surface area contributed by atoms with Gasteiger partial charge in [-0.1, -0.05) is 20.8 Å². The second kappa shape index (κ2) is 7.72. The molecule has 2 rings (SSSR count). The highest BCUT2D eigenvalue weighted by molar-refractivity contribution is 7.87. The van der Waals surface area contributed by atoms with E-state index in [1.165, 1.54) is 0 Å². The molecule has 136 valence electrons. The maximum atomic E-state index is 12.7. The first-order chi connectivity index (χ1) is 11.4. The van der Waals surface area contributed by atoms with Gasteiger partial charge >= 0.3 is 0 Å². The van der Waals surface area contributed by atoms with E-state index in [9.17, 15) is 8.42 Å². The molecule has 1 aliphatic heterocycles. The second-order valence-electron chi connectivity index (χ2n) is 6.35. The minimum absolute atomic E-state index is 0.139. The van der Waals surface area contributed by atoms with Gasteiger partial charge in [0.2, 0.25) is 0 Å². The lowest BCUT2D eigenvalue weighted by molar-refractivity contribution is 0.243. The van der Waals surface area contributed by atoms with Crippen LogP contribution in [0.3, 0.4) is 0 Å². The highest BCUT2D eigenvalue weighted by atomic mass is 32.2. The molecule has 0 amide bonds. The summed E-state index contributed by atoms with van der Waals surface area (Å²) in [7, 11) is -0.305. The Labute approximate surface area is 145 Å². The summed E-state index contributed by atoms with van der Waals surface area (Å²) >= 11 is 0. The van der Waals surface area contributed by atoms with Gasteiger partial charge < -0.3 is 9.47 Å². The van der Waals surface area contributed by atoms with Crippen LogP contribution in [0.4, 0.5) is 0 Å². The van der Waals surface area contributed by atoms with Crippen LogP contribution < -0.4 is 14.2 Å². The van der Waals surface area contributed by atoms with Gasteiger partial charge in [0.05, 0.1) is 20.3 Å². The zero-order valence-corrected chi connectivity index (χ0v) is 15.9. The zero-order valence-electron chi connectivity index (χ0n) is 15.1. The summed E-state index contributed by atoms with van der Waals surface area (Å²) in [6, 6.07) is 3.66. The molecule has 0 spiro atoms. The first kappa shape index (κ1) is 19.0. The van der Waals surface area contributed by atoms with Crippen molar-refractivity contribution >= 4 is 10.2 Å². The van der Waals surface area contributed by atoms with E-state index in [4.69, 9.17) is 9.47 Å². The highest BCUT2D eigenvalue weighted by Gasteiger charge is 2.37. The van der Waals surface area contributed by atoms with Crippen LogP contribution in [0.2, 0.25) is 0 Å². The third-order valence-electron chi connectivity index (χ3n) is 4.35. The summed E-state index contributed by atoms with van der Waals surface area (Å²) in [5.41, 5.74) is 2.11. The van der Waals surface area contributed by atoms with Crippen molar-refractivity contribution in [2.75, 3.05) is 27.3 Å². The van der Waals surface area contributed by atoms with Gasteiger partial charge in [-0.2, -0.15) is 12.7 Å². The molecular formula is C17H28N2O4S. The number of benzene rings is 1. The van der Waals surface area contributed by atoms with Crippen molar-refractivity contribution in [3.8, 4) is 11.5 Å². The molecular weight excluding hydrogens is 328 g/mol. The standard InChI is InChI=1S/C17H28N2O4S/c1-6-8-18-24(20,21)19-9-7-13-10-15(22-4)16(23-5)11-14(13)17(19)12(2)3/h10-12,17-18H,6-9H2,1-5H3. The first-order valence-electron chi connectivity index (χ1n) is 8.36. The molecule has 1 atom stereocenters. The summed E-state index contributed by atoms with van der Waals surface area (Å²) in [5, 5.41) is 0. The Hall–Kier alpha value is -1.31. The molecule has 0 aromatic heterocycles. The number of hydrogen-bond donors (Lipinski definition) is 1.